The van der Waals surface area contributed by atoms with Crippen LogP contribution in [0.3, 0.4) is 0 Å². The summed E-state index contributed by atoms with van der Waals surface area (Å²) in [7, 11) is 0. The van der Waals surface area contributed by atoms with Gasteiger partial charge in [0.05, 0.1) is 0 Å². The maximum atomic E-state index is 12.6. The summed E-state index contributed by atoms with van der Waals surface area (Å²) in [6, 6.07) is 6.18. The molecule has 2 heterocycles. The molecule has 0 atom stereocenters. The van der Waals surface area contributed by atoms with Gasteiger partial charge in [-0.1, -0.05) is 32.0 Å². The molecule has 3 aromatic rings. The summed E-state index contributed by atoms with van der Waals surface area (Å²) in [5.41, 5.74) is 3.91. The largest absolute Gasteiger partial charge is 0.320 e. The second-order valence-electron chi connectivity index (χ2n) is 4.81. The first-order chi connectivity index (χ1) is 10.2. The Balaban J connectivity index is 1.97. The number of para-hydroxylation sites is 1. The summed E-state index contributed by atoms with van der Waals surface area (Å²) in [4.78, 5) is 17.6. The van der Waals surface area contributed by atoms with Crippen LogP contribution in [0.1, 0.15) is 35.5 Å². The van der Waals surface area contributed by atoms with Crippen molar-refractivity contribution < 1.29 is 4.79 Å². The predicted molar refractivity (Wildman–Crippen MR) is 86.2 cm³/mol. The summed E-state index contributed by atoms with van der Waals surface area (Å²) < 4.78 is 1.82. The fourth-order valence-electron chi connectivity index (χ4n) is 2.47. The molecule has 5 heteroatoms. The number of hydrogen-bond acceptors (Lipinski definition) is 3. The van der Waals surface area contributed by atoms with Crippen molar-refractivity contribution >= 4 is 27.9 Å². The van der Waals surface area contributed by atoms with Crippen molar-refractivity contribution in [3.05, 3.63) is 52.8 Å². The van der Waals surface area contributed by atoms with Gasteiger partial charge < -0.3 is 5.32 Å². The van der Waals surface area contributed by atoms with Gasteiger partial charge in [0.2, 0.25) is 0 Å². The van der Waals surface area contributed by atoms with Gasteiger partial charge in [-0.15, -0.1) is 11.3 Å². The fraction of sp³-hybridized carbons (Fsp3) is 0.250. The number of hydrogen-bond donors (Lipinski definition) is 1. The number of carbonyl (C=O) groups is 1. The van der Waals surface area contributed by atoms with E-state index in [0.717, 1.165) is 23.5 Å². The van der Waals surface area contributed by atoms with E-state index in [1.807, 2.05) is 22.0 Å². The lowest BCUT2D eigenvalue weighted by atomic mass is 10.0. The maximum Gasteiger partial charge on any atom is 0.273 e. The molecule has 0 unspecified atom stereocenters. The molecule has 0 bridgehead atoms. The van der Waals surface area contributed by atoms with Crippen molar-refractivity contribution in [2.45, 2.75) is 26.7 Å². The molecule has 0 aliphatic rings. The van der Waals surface area contributed by atoms with Crippen LogP contribution in [0, 0.1) is 0 Å². The monoisotopic (exact) mass is 299 g/mol. The van der Waals surface area contributed by atoms with Crippen LogP contribution in [0.15, 0.2) is 36.0 Å². The van der Waals surface area contributed by atoms with Gasteiger partial charge in [0.15, 0.2) is 4.96 Å². The lowest BCUT2D eigenvalue weighted by molar-refractivity contribution is 0.102. The third kappa shape index (κ3) is 2.45. The molecule has 1 amide bonds. The smallest absolute Gasteiger partial charge is 0.273 e. The molecular formula is C16H17N3OS. The number of aryl methyl sites for hydroxylation is 2. The Morgan fingerprint density at radius 3 is 2.67 bits per heavy atom. The van der Waals surface area contributed by atoms with E-state index in [1.165, 1.54) is 22.5 Å². The number of thiazole rings is 1. The van der Waals surface area contributed by atoms with Crippen LogP contribution in [0.2, 0.25) is 0 Å². The number of aromatic nitrogens is 2. The minimum atomic E-state index is -0.0881. The van der Waals surface area contributed by atoms with Crippen molar-refractivity contribution in [3.63, 3.8) is 0 Å². The van der Waals surface area contributed by atoms with Crippen LogP contribution in [-0.4, -0.2) is 15.3 Å². The summed E-state index contributed by atoms with van der Waals surface area (Å²) in [5.74, 6) is -0.0881. The SMILES string of the molecule is CCc1cccc(CC)c1NC(=O)c1csc2nccn12. The van der Waals surface area contributed by atoms with Gasteiger partial charge in [0.1, 0.15) is 5.69 Å². The normalized spacial score (nSPS) is 11.0. The van der Waals surface area contributed by atoms with E-state index < -0.39 is 0 Å². The van der Waals surface area contributed by atoms with Crippen molar-refractivity contribution in [3.8, 4) is 0 Å². The third-order valence-corrected chi connectivity index (χ3v) is 4.47. The summed E-state index contributed by atoms with van der Waals surface area (Å²) in [6.07, 6.45) is 5.31. The number of nitrogens with zero attached hydrogens (tertiary/aromatic N) is 2. The summed E-state index contributed by atoms with van der Waals surface area (Å²) >= 11 is 1.47. The molecule has 0 saturated carbocycles. The topological polar surface area (TPSA) is 46.4 Å². The number of carbonyl (C=O) groups excluding carboxylic acids is 1. The van der Waals surface area contributed by atoms with Gasteiger partial charge in [0.25, 0.3) is 5.91 Å². The average Bonchev–Trinajstić information content (AvgIpc) is 3.10. The van der Waals surface area contributed by atoms with E-state index in [2.05, 4.69) is 36.3 Å². The second-order valence-corrected chi connectivity index (χ2v) is 5.65. The van der Waals surface area contributed by atoms with Crippen molar-refractivity contribution in [1.82, 2.24) is 9.38 Å². The zero-order valence-electron chi connectivity index (χ0n) is 12.1. The van der Waals surface area contributed by atoms with Crippen LogP contribution in [0.25, 0.3) is 4.96 Å². The first-order valence-electron chi connectivity index (χ1n) is 7.07. The van der Waals surface area contributed by atoms with E-state index in [4.69, 9.17) is 0 Å². The minimum absolute atomic E-state index is 0.0881. The highest BCUT2D eigenvalue weighted by Gasteiger charge is 2.15. The molecule has 108 valence electrons. The Bertz CT molecular complexity index is 766. The molecule has 0 radical (unpaired) electrons. The molecule has 0 aliphatic carbocycles. The van der Waals surface area contributed by atoms with E-state index in [1.54, 1.807) is 6.20 Å². The first kappa shape index (κ1) is 13.8. The van der Waals surface area contributed by atoms with Crippen molar-refractivity contribution in [2.24, 2.45) is 0 Å². The van der Waals surface area contributed by atoms with Gasteiger partial charge in [-0.05, 0) is 24.0 Å². The van der Waals surface area contributed by atoms with Crippen LogP contribution in [0.5, 0.6) is 0 Å². The van der Waals surface area contributed by atoms with Gasteiger partial charge in [-0.25, -0.2) is 4.98 Å². The molecule has 0 fully saturated rings. The van der Waals surface area contributed by atoms with Crippen LogP contribution < -0.4 is 5.32 Å². The number of amides is 1. The van der Waals surface area contributed by atoms with Crippen LogP contribution in [-0.2, 0) is 12.8 Å². The van der Waals surface area contributed by atoms with E-state index in [9.17, 15) is 4.79 Å². The average molecular weight is 299 g/mol. The third-order valence-electron chi connectivity index (χ3n) is 3.61. The predicted octanol–water partition coefficient (Wildman–Crippen LogP) is 3.77. The highest BCUT2D eigenvalue weighted by molar-refractivity contribution is 7.15. The van der Waals surface area contributed by atoms with Gasteiger partial charge in [0, 0.05) is 23.5 Å². The van der Waals surface area contributed by atoms with Gasteiger partial charge in [-0.2, -0.15) is 0 Å². The Hall–Kier alpha value is -2.14. The molecule has 0 saturated heterocycles. The Labute approximate surface area is 127 Å². The van der Waals surface area contributed by atoms with Crippen molar-refractivity contribution in [2.75, 3.05) is 5.32 Å². The number of anilines is 1. The first-order valence-corrected chi connectivity index (χ1v) is 7.95. The molecule has 21 heavy (non-hydrogen) atoms. The number of rotatable bonds is 4. The Kier molecular flexibility index (Phi) is 3.75. The number of nitrogens with one attached hydrogen (secondary N) is 1. The Morgan fingerprint density at radius 1 is 1.29 bits per heavy atom. The molecule has 2 aromatic heterocycles. The van der Waals surface area contributed by atoms with Gasteiger partial charge >= 0.3 is 0 Å². The van der Waals surface area contributed by atoms with Crippen LogP contribution in [0.4, 0.5) is 5.69 Å². The fourth-order valence-corrected chi connectivity index (χ4v) is 3.30. The van der Waals surface area contributed by atoms with Crippen LogP contribution >= 0.6 is 11.3 Å². The number of fused-ring (bicyclic) bond motifs is 1. The zero-order valence-corrected chi connectivity index (χ0v) is 12.9. The molecule has 3 rings (SSSR count). The molecule has 0 spiro atoms. The molecule has 1 aromatic carbocycles. The second kappa shape index (κ2) is 5.69. The highest BCUT2D eigenvalue weighted by Crippen LogP contribution is 2.24. The summed E-state index contributed by atoms with van der Waals surface area (Å²) in [6.45, 7) is 4.20. The number of benzene rings is 1. The highest BCUT2D eigenvalue weighted by atomic mass is 32.1. The molecule has 0 aliphatic heterocycles. The maximum absolute atomic E-state index is 12.6. The van der Waals surface area contributed by atoms with Crippen molar-refractivity contribution in [1.29, 1.82) is 0 Å². The quantitative estimate of drug-likeness (QED) is 0.797. The molecular weight excluding hydrogens is 282 g/mol. The lowest BCUT2D eigenvalue weighted by Gasteiger charge is -2.14. The van der Waals surface area contributed by atoms with E-state index in [-0.39, 0.29) is 5.91 Å². The molecule has 4 nitrogen and oxygen atoms in total. The zero-order chi connectivity index (χ0) is 14.8. The molecule has 1 N–H and O–H groups in total. The summed E-state index contributed by atoms with van der Waals surface area (Å²) in [5, 5.41) is 4.93. The lowest BCUT2D eigenvalue weighted by Crippen LogP contribution is -2.16. The Morgan fingerprint density at radius 2 is 2.00 bits per heavy atom. The van der Waals surface area contributed by atoms with E-state index >= 15 is 0 Å². The minimum Gasteiger partial charge on any atom is -0.320 e. The number of imidazole rings is 1. The van der Waals surface area contributed by atoms with E-state index in [0.29, 0.717) is 5.69 Å². The van der Waals surface area contributed by atoms with Gasteiger partial charge in [-0.3, -0.25) is 9.20 Å². The standard InChI is InChI=1S/C16H17N3OS/c1-3-11-6-5-7-12(4-2)14(11)18-15(20)13-10-21-16-17-8-9-19(13)16/h5-10H,3-4H2,1-2H3,(H,18,20).